The van der Waals surface area contributed by atoms with Gasteiger partial charge in [0.1, 0.15) is 5.82 Å². The van der Waals surface area contributed by atoms with E-state index in [9.17, 15) is 4.79 Å². The summed E-state index contributed by atoms with van der Waals surface area (Å²) in [6, 6.07) is 7.44. The Kier molecular flexibility index (Phi) is 4.92. The van der Waals surface area contributed by atoms with Crippen LogP contribution in [0.4, 0.5) is 0 Å². The van der Waals surface area contributed by atoms with Crippen LogP contribution >= 0.6 is 23.4 Å². The molecular formula is C16H19ClN4OS. The number of aromatic nitrogens is 3. The van der Waals surface area contributed by atoms with E-state index in [1.54, 1.807) is 0 Å². The lowest BCUT2D eigenvalue weighted by atomic mass is 10.1. The van der Waals surface area contributed by atoms with Gasteiger partial charge in [-0.25, -0.2) is 0 Å². The van der Waals surface area contributed by atoms with Crippen molar-refractivity contribution in [1.29, 1.82) is 0 Å². The topological polar surface area (TPSA) is 59.8 Å². The molecule has 1 atom stereocenters. The lowest BCUT2D eigenvalue weighted by Gasteiger charge is -2.14. The molecular weight excluding hydrogens is 332 g/mol. The summed E-state index contributed by atoms with van der Waals surface area (Å²) in [6.45, 7) is 1.95. The average Bonchev–Trinajstić information content (AvgIpc) is 3.29. The van der Waals surface area contributed by atoms with Crippen molar-refractivity contribution in [1.82, 2.24) is 20.1 Å². The monoisotopic (exact) mass is 350 g/mol. The van der Waals surface area contributed by atoms with Crippen LogP contribution in [0, 0.1) is 0 Å². The Balaban J connectivity index is 1.53. The predicted molar refractivity (Wildman–Crippen MR) is 91.7 cm³/mol. The van der Waals surface area contributed by atoms with E-state index in [2.05, 4.69) is 15.5 Å². The second-order valence-corrected chi connectivity index (χ2v) is 7.19. The van der Waals surface area contributed by atoms with Crippen LogP contribution in [0.15, 0.2) is 29.4 Å². The fraction of sp³-hybridized carbons (Fsp3) is 0.438. The van der Waals surface area contributed by atoms with Crippen LogP contribution in [0.5, 0.6) is 0 Å². The third-order valence-corrected chi connectivity index (χ3v) is 5.12. The van der Waals surface area contributed by atoms with Crippen LogP contribution in [0.1, 0.15) is 43.1 Å². The maximum Gasteiger partial charge on any atom is 0.230 e. The number of nitrogens with zero attached hydrogens (tertiary/aromatic N) is 3. The Labute approximate surface area is 144 Å². The molecule has 0 bridgehead atoms. The van der Waals surface area contributed by atoms with Crippen molar-refractivity contribution in [2.75, 3.05) is 5.75 Å². The number of halogens is 1. The summed E-state index contributed by atoms with van der Waals surface area (Å²) < 4.78 is 2.00. The van der Waals surface area contributed by atoms with Crippen molar-refractivity contribution >= 4 is 29.3 Å². The van der Waals surface area contributed by atoms with Crippen molar-refractivity contribution in [3.05, 3.63) is 40.7 Å². The number of thioether (sulfide) groups is 1. The molecule has 1 heterocycles. The molecule has 1 fully saturated rings. The van der Waals surface area contributed by atoms with Gasteiger partial charge in [-0.15, -0.1) is 10.2 Å². The van der Waals surface area contributed by atoms with Gasteiger partial charge in [0, 0.05) is 18.0 Å². The van der Waals surface area contributed by atoms with E-state index >= 15 is 0 Å². The Morgan fingerprint density at radius 2 is 2.26 bits per heavy atom. The van der Waals surface area contributed by atoms with Crippen LogP contribution in [0.3, 0.4) is 0 Å². The van der Waals surface area contributed by atoms with Gasteiger partial charge in [0.15, 0.2) is 5.16 Å². The number of amides is 1. The predicted octanol–water partition coefficient (Wildman–Crippen LogP) is 3.32. The van der Waals surface area contributed by atoms with Gasteiger partial charge in [-0.1, -0.05) is 35.5 Å². The van der Waals surface area contributed by atoms with Gasteiger partial charge >= 0.3 is 0 Å². The van der Waals surface area contributed by atoms with Gasteiger partial charge in [0.2, 0.25) is 5.91 Å². The van der Waals surface area contributed by atoms with Crippen molar-refractivity contribution < 1.29 is 4.79 Å². The molecule has 0 spiro atoms. The molecule has 2 aromatic rings. The van der Waals surface area contributed by atoms with E-state index in [1.807, 2.05) is 42.8 Å². The van der Waals surface area contributed by atoms with E-state index in [0.717, 1.165) is 16.5 Å². The zero-order chi connectivity index (χ0) is 16.4. The highest BCUT2D eigenvalue weighted by Crippen LogP contribution is 2.39. The Hall–Kier alpha value is -1.53. The van der Waals surface area contributed by atoms with Crippen LogP contribution in [0.25, 0.3) is 0 Å². The molecule has 1 aromatic carbocycles. The summed E-state index contributed by atoms with van der Waals surface area (Å²) in [5.41, 5.74) is 0.991. The number of benzene rings is 1. The van der Waals surface area contributed by atoms with E-state index in [4.69, 9.17) is 11.6 Å². The summed E-state index contributed by atoms with van der Waals surface area (Å²) in [4.78, 5) is 12.1. The number of hydrogen-bond donors (Lipinski definition) is 1. The molecule has 1 amide bonds. The smallest absolute Gasteiger partial charge is 0.230 e. The Morgan fingerprint density at radius 3 is 2.96 bits per heavy atom. The highest BCUT2D eigenvalue weighted by molar-refractivity contribution is 7.99. The van der Waals surface area contributed by atoms with Gasteiger partial charge in [0.05, 0.1) is 11.8 Å². The van der Waals surface area contributed by atoms with Crippen molar-refractivity contribution in [3.8, 4) is 0 Å². The molecule has 0 radical (unpaired) electrons. The van der Waals surface area contributed by atoms with Crippen LogP contribution in [-0.2, 0) is 11.8 Å². The Bertz CT molecular complexity index is 714. The van der Waals surface area contributed by atoms with Gasteiger partial charge in [-0.2, -0.15) is 0 Å². The molecule has 1 aliphatic rings. The van der Waals surface area contributed by atoms with Gasteiger partial charge < -0.3 is 9.88 Å². The van der Waals surface area contributed by atoms with E-state index in [-0.39, 0.29) is 11.9 Å². The number of carbonyl (C=O) groups excluding carboxylic acids is 1. The minimum absolute atomic E-state index is 0.0292. The van der Waals surface area contributed by atoms with Crippen LogP contribution < -0.4 is 5.32 Å². The highest BCUT2D eigenvalue weighted by Gasteiger charge is 2.29. The second kappa shape index (κ2) is 6.93. The molecule has 23 heavy (non-hydrogen) atoms. The fourth-order valence-corrected chi connectivity index (χ4v) is 3.35. The van der Waals surface area contributed by atoms with E-state index in [0.29, 0.717) is 16.7 Å². The number of nitrogens with one attached hydrogen (secondary N) is 1. The van der Waals surface area contributed by atoms with Gasteiger partial charge in [0.25, 0.3) is 0 Å². The summed E-state index contributed by atoms with van der Waals surface area (Å²) in [6.07, 6.45) is 2.38. The SMILES string of the molecule is C[C@@H](NC(=O)CSc1nnc(C2CC2)n1C)c1cccc(Cl)c1. The largest absolute Gasteiger partial charge is 0.349 e. The third kappa shape index (κ3) is 4.06. The normalized spacial score (nSPS) is 15.4. The molecule has 122 valence electrons. The first-order chi connectivity index (χ1) is 11.0. The second-order valence-electron chi connectivity index (χ2n) is 5.81. The first-order valence-corrected chi connectivity index (χ1v) is 8.98. The molecule has 3 rings (SSSR count). The summed E-state index contributed by atoms with van der Waals surface area (Å²) in [7, 11) is 1.96. The minimum atomic E-state index is -0.0803. The summed E-state index contributed by atoms with van der Waals surface area (Å²) >= 11 is 7.39. The zero-order valence-electron chi connectivity index (χ0n) is 13.1. The molecule has 0 aliphatic heterocycles. The lowest BCUT2D eigenvalue weighted by Crippen LogP contribution is -2.28. The zero-order valence-corrected chi connectivity index (χ0v) is 14.7. The highest BCUT2D eigenvalue weighted by atomic mass is 35.5. The quantitative estimate of drug-likeness (QED) is 0.812. The maximum atomic E-state index is 12.1. The molecule has 7 heteroatoms. The first kappa shape index (κ1) is 16.3. The average molecular weight is 351 g/mol. The standard InChI is InChI=1S/C16H19ClN4OS/c1-10(12-4-3-5-13(17)8-12)18-14(22)9-23-16-20-19-15(21(16)2)11-6-7-11/h3-5,8,10-11H,6-7,9H2,1-2H3,(H,18,22)/t10-/m1/s1. The Morgan fingerprint density at radius 1 is 1.48 bits per heavy atom. The maximum absolute atomic E-state index is 12.1. The van der Waals surface area contributed by atoms with Crippen LogP contribution in [0.2, 0.25) is 5.02 Å². The number of rotatable bonds is 6. The number of hydrogen-bond acceptors (Lipinski definition) is 4. The third-order valence-electron chi connectivity index (χ3n) is 3.87. The molecule has 1 saturated carbocycles. The summed E-state index contributed by atoms with van der Waals surface area (Å²) in [5, 5.41) is 12.8. The van der Waals surface area contributed by atoms with E-state index < -0.39 is 0 Å². The molecule has 1 aromatic heterocycles. The van der Waals surface area contributed by atoms with Crippen molar-refractivity contribution in [3.63, 3.8) is 0 Å². The molecule has 0 saturated heterocycles. The minimum Gasteiger partial charge on any atom is -0.349 e. The summed E-state index contributed by atoms with van der Waals surface area (Å²) in [5.74, 6) is 1.87. The molecule has 1 aliphatic carbocycles. The molecule has 5 nitrogen and oxygen atoms in total. The fourth-order valence-electron chi connectivity index (χ4n) is 2.42. The van der Waals surface area contributed by atoms with Crippen molar-refractivity contribution in [2.24, 2.45) is 7.05 Å². The van der Waals surface area contributed by atoms with Crippen LogP contribution in [-0.4, -0.2) is 26.4 Å². The van der Waals surface area contributed by atoms with E-state index in [1.165, 1.54) is 24.6 Å². The number of carbonyl (C=O) groups is 1. The van der Waals surface area contributed by atoms with Gasteiger partial charge in [-0.3, -0.25) is 4.79 Å². The first-order valence-electron chi connectivity index (χ1n) is 7.61. The molecule has 1 N–H and O–H groups in total. The van der Waals surface area contributed by atoms with Gasteiger partial charge in [-0.05, 0) is 37.5 Å². The molecule has 0 unspecified atom stereocenters. The van der Waals surface area contributed by atoms with Crippen molar-refractivity contribution in [2.45, 2.75) is 36.9 Å². The lowest BCUT2D eigenvalue weighted by molar-refractivity contribution is -0.119.